The highest BCUT2D eigenvalue weighted by atomic mass is 19.1. The highest BCUT2D eigenvalue weighted by Crippen LogP contribution is 2.27. The molecule has 4 rings (SSSR count). The molecule has 1 aliphatic rings. The summed E-state index contributed by atoms with van der Waals surface area (Å²) in [6.07, 6.45) is 3.31. The fraction of sp³-hybridized carbons (Fsp3) is 0.292. The predicted octanol–water partition coefficient (Wildman–Crippen LogP) is 3.62. The predicted molar refractivity (Wildman–Crippen MR) is 112 cm³/mol. The third-order valence-electron chi connectivity index (χ3n) is 5.70. The first-order valence-electron chi connectivity index (χ1n) is 10.0. The lowest BCUT2D eigenvalue weighted by atomic mass is 9.97. The smallest absolute Gasteiger partial charge is 0.224 e. The molecule has 1 aliphatic heterocycles. The maximum absolute atomic E-state index is 13.1. The van der Waals surface area contributed by atoms with E-state index in [-0.39, 0.29) is 24.2 Å². The van der Waals surface area contributed by atoms with Crippen molar-refractivity contribution in [1.29, 1.82) is 0 Å². The van der Waals surface area contributed by atoms with E-state index in [0.29, 0.717) is 6.54 Å². The Balaban J connectivity index is 1.46. The zero-order valence-corrected chi connectivity index (χ0v) is 16.6. The van der Waals surface area contributed by atoms with Gasteiger partial charge in [-0.15, -0.1) is 0 Å². The van der Waals surface area contributed by atoms with Crippen molar-refractivity contribution >= 4 is 5.91 Å². The average molecular weight is 391 g/mol. The van der Waals surface area contributed by atoms with Crippen molar-refractivity contribution in [3.05, 3.63) is 95.1 Å². The Labute approximate surface area is 171 Å². The van der Waals surface area contributed by atoms with Crippen LogP contribution in [0.5, 0.6) is 0 Å². The van der Waals surface area contributed by atoms with Gasteiger partial charge >= 0.3 is 0 Å². The maximum atomic E-state index is 13.1. The zero-order valence-electron chi connectivity index (χ0n) is 16.6. The average Bonchev–Trinajstić information content (AvgIpc) is 3.15. The summed E-state index contributed by atoms with van der Waals surface area (Å²) in [4.78, 5) is 14.9. The Morgan fingerprint density at radius 3 is 2.55 bits per heavy atom. The lowest BCUT2D eigenvalue weighted by Crippen LogP contribution is -2.41. The van der Waals surface area contributed by atoms with Crippen molar-refractivity contribution in [2.24, 2.45) is 7.05 Å². The molecule has 0 radical (unpaired) electrons. The summed E-state index contributed by atoms with van der Waals surface area (Å²) < 4.78 is 15.2. The standard InChI is InChI=1S/C24H26FN3O/c1-27-13-4-7-22(27)23(28-14-12-19-5-2-3-6-20(19)17-28)16-26-24(29)15-18-8-10-21(25)11-9-18/h2-11,13,23H,12,14-17H2,1H3,(H,26,29)/t23-/m1/s1. The number of carbonyl (C=O) groups excluding carboxylic acids is 1. The van der Waals surface area contributed by atoms with Crippen LogP contribution in [0.3, 0.4) is 0 Å². The summed E-state index contributed by atoms with van der Waals surface area (Å²) in [6, 6.07) is 18.9. The van der Waals surface area contributed by atoms with Gasteiger partial charge in [0.2, 0.25) is 5.91 Å². The van der Waals surface area contributed by atoms with E-state index >= 15 is 0 Å². The Morgan fingerprint density at radius 2 is 1.83 bits per heavy atom. The molecule has 0 aliphatic carbocycles. The molecule has 150 valence electrons. The van der Waals surface area contributed by atoms with Crippen LogP contribution in [0.2, 0.25) is 0 Å². The molecular weight excluding hydrogens is 365 g/mol. The molecule has 0 saturated carbocycles. The number of halogens is 1. The summed E-state index contributed by atoms with van der Waals surface area (Å²) in [5, 5.41) is 3.09. The van der Waals surface area contributed by atoms with Gasteiger partial charge in [-0.25, -0.2) is 4.39 Å². The molecule has 0 spiro atoms. The van der Waals surface area contributed by atoms with Gasteiger partial charge in [-0.2, -0.15) is 0 Å². The summed E-state index contributed by atoms with van der Waals surface area (Å²) >= 11 is 0. The van der Waals surface area contributed by atoms with Crippen LogP contribution in [0.4, 0.5) is 4.39 Å². The van der Waals surface area contributed by atoms with Crippen molar-refractivity contribution < 1.29 is 9.18 Å². The number of hydrogen-bond donors (Lipinski definition) is 1. The van der Waals surface area contributed by atoms with Crippen molar-refractivity contribution in [1.82, 2.24) is 14.8 Å². The van der Waals surface area contributed by atoms with Crippen molar-refractivity contribution in [3.63, 3.8) is 0 Å². The lowest BCUT2D eigenvalue weighted by molar-refractivity contribution is -0.120. The summed E-state index contributed by atoms with van der Waals surface area (Å²) in [7, 11) is 2.04. The van der Waals surface area contributed by atoms with Gasteiger partial charge in [-0.05, 0) is 47.4 Å². The van der Waals surface area contributed by atoms with Gasteiger partial charge in [0.15, 0.2) is 0 Å². The highest BCUT2D eigenvalue weighted by Gasteiger charge is 2.26. The van der Waals surface area contributed by atoms with E-state index in [1.165, 1.54) is 29.0 Å². The molecule has 0 saturated heterocycles. The quantitative estimate of drug-likeness (QED) is 0.697. The van der Waals surface area contributed by atoms with Crippen LogP contribution in [0, 0.1) is 5.82 Å². The monoisotopic (exact) mass is 391 g/mol. The van der Waals surface area contributed by atoms with Crippen LogP contribution in [-0.4, -0.2) is 28.5 Å². The topological polar surface area (TPSA) is 37.3 Å². The number of aromatic nitrogens is 1. The minimum absolute atomic E-state index is 0.0479. The second-order valence-corrected chi connectivity index (χ2v) is 7.66. The first-order chi connectivity index (χ1) is 14.1. The summed E-state index contributed by atoms with van der Waals surface area (Å²) in [6.45, 7) is 2.38. The van der Waals surface area contributed by atoms with E-state index < -0.39 is 0 Å². The number of aryl methyl sites for hydroxylation is 1. The second-order valence-electron chi connectivity index (χ2n) is 7.66. The minimum Gasteiger partial charge on any atom is -0.354 e. The number of benzene rings is 2. The van der Waals surface area contributed by atoms with Crippen LogP contribution < -0.4 is 5.32 Å². The van der Waals surface area contributed by atoms with Gasteiger partial charge in [-0.1, -0.05) is 36.4 Å². The molecule has 1 amide bonds. The largest absolute Gasteiger partial charge is 0.354 e. The van der Waals surface area contributed by atoms with E-state index in [1.807, 2.05) is 19.3 Å². The Hall–Kier alpha value is -2.92. The maximum Gasteiger partial charge on any atom is 0.224 e. The number of hydrogen-bond acceptors (Lipinski definition) is 2. The first-order valence-corrected chi connectivity index (χ1v) is 10.0. The number of nitrogens with one attached hydrogen (secondary N) is 1. The zero-order chi connectivity index (χ0) is 20.2. The van der Waals surface area contributed by atoms with Crippen LogP contribution in [0.1, 0.15) is 28.4 Å². The van der Waals surface area contributed by atoms with E-state index in [2.05, 4.69) is 45.1 Å². The molecule has 0 fully saturated rings. The minimum atomic E-state index is -0.289. The second kappa shape index (κ2) is 8.62. The van der Waals surface area contributed by atoms with E-state index in [0.717, 1.165) is 25.1 Å². The van der Waals surface area contributed by atoms with Crippen LogP contribution in [-0.2, 0) is 31.2 Å². The molecule has 1 atom stereocenters. The van der Waals surface area contributed by atoms with Crippen molar-refractivity contribution in [3.8, 4) is 0 Å². The first kappa shape index (κ1) is 19.4. The summed E-state index contributed by atoms with van der Waals surface area (Å²) in [5.74, 6) is -0.337. The molecule has 2 heterocycles. The Bertz CT molecular complexity index is 980. The van der Waals surface area contributed by atoms with Gasteiger partial charge in [0.25, 0.3) is 0 Å². The van der Waals surface area contributed by atoms with Crippen LogP contribution >= 0.6 is 0 Å². The molecule has 4 nitrogen and oxygen atoms in total. The van der Waals surface area contributed by atoms with Crippen molar-refractivity contribution in [2.45, 2.75) is 25.4 Å². The van der Waals surface area contributed by atoms with Gasteiger partial charge < -0.3 is 9.88 Å². The number of rotatable bonds is 6. The van der Waals surface area contributed by atoms with E-state index in [4.69, 9.17) is 0 Å². The van der Waals surface area contributed by atoms with Crippen LogP contribution in [0.25, 0.3) is 0 Å². The molecule has 1 aromatic heterocycles. The molecule has 3 aromatic rings. The highest BCUT2D eigenvalue weighted by molar-refractivity contribution is 5.78. The van der Waals surface area contributed by atoms with Gasteiger partial charge in [0.1, 0.15) is 5.82 Å². The third-order valence-corrected chi connectivity index (χ3v) is 5.70. The molecule has 5 heteroatoms. The fourth-order valence-corrected chi connectivity index (χ4v) is 4.09. The third kappa shape index (κ3) is 4.57. The molecular formula is C24H26FN3O. The molecule has 0 unspecified atom stereocenters. The molecule has 2 aromatic carbocycles. The lowest BCUT2D eigenvalue weighted by Gasteiger charge is -2.36. The van der Waals surface area contributed by atoms with Gasteiger partial charge in [-0.3, -0.25) is 9.69 Å². The van der Waals surface area contributed by atoms with E-state index in [1.54, 1.807) is 12.1 Å². The number of fused-ring (bicyclic) bond motifs is 1. The fourth-order valence-electron chi connectivity index (χ4n) is 4.09. The Morgan fingerprint density at radius 1 is 1.07 bits per heavy atom. The van der Waals surface area contributed by atoms with Crippen LogP contribution in [0.15, 0.2) is 66.9 Å². The normalized spacial score (nSPS) is 15.0. The van der Waals surface area contributed by atoms with E-state index in [9.17, 15) is 9.18 Å². The molecule has 1 N–H and O–H groups in total. The number of nitrogens with zero attached hydrogens (tertiary/aromatic N) is 2. The number of carbonyl (C=O) groups is 1. The number of amides is 1. The van der Waals surface area contributed by atoms with Gasteiger partial charge in [0.05, 0.1) is 12.5 Å². The Kier molecular flexibility index (Phi) is 5.76. The van der Waals surface area contributed by atoms with Crippen molar-refractivity contribution in [2.75, 3.05) is 13.1 Å². The SMILES string of the molecule is Cn1cccc1[C@@H](CNC(=O)Cc1ccc(F)cc1)N1CCc2ccccc2C1. The molecule has 29 heavy (non-hydrogen) atoms. The molecule has 0 bridgehead atoms. The summed E-state index contributed by atoms with van der Waals surface area (Å²) in [5.41, 5.74) is 4.77. The van der Waals surface area contributed by atoms with Gasteiger partial charge in [0, 0.05) is 38.6 Å².